The summed E-state index contributed by atoms with van der Waals surface area (Å²) in [6.07, 6.45) is 0. The van der Waals surface area contributed by atoms with Crippen LogP contribution in [0.2, 0.25) is 0 Å². The standard InChI is InChI=1S/C17H21N/c1-17(2)15(11-18-3)16(17)14-9-8-12-6-4-5-7-13(12)10-14/h4-10,15-16,18H,11H2,1-3H3. The summed E-state index contributed by atoms with van der Waals surface area (Å²) in [6, 6.07) is 15.6. The molecule has 1 nitrogen and oxygen atoms in total. The molecule has 0 aliphatic heterocycles. The minimum absolute atomic E-state index is 0.436. The van der Waals surface area contributed by atoms with Gasteiger partial charge in [0.2, 0.25) is 0 Å². The van der Waals surface area contributed by atoms with Crippen molar-refractivity contribution in [2.45, 2.75) is 19.8 Å². The van der Waals surface area contributed by atoms with E-state index in [1.807, 2.05) is 7.05 Å². The molecule has 0 heterocycles. The SMILES string of the molecule is CNCC1C(c2ccc3ccccc3c2)C1(C)C. The number of benzene rings is 2. The summed E-state index contributed by atoms with van der Waals surface area (Å²) in [5.74, 6) is 1.47. The van der Waals surface area contributed by atoms with Gasteiger partial charge in [-0.15, -0.1) is 0 Å². The van der Waals surface area contributed by atoms with E-state index in [0.717, 1.165) is 12.5 Å². The van der Waals surface area contributed by atoms with E-state index < -0.39 is 0 Å². The van der Waals surface area contributed by atoms with Gasteiger partial charge in [-0.2, -0.15) is 0 Å². The molecule has 1 N–H and O–H groups in total. The lowest BCUT2D eigenvalue weighted by atomic mass is 10.00. The molecule has 0 aromatic heterocycles. The lowest BCUT2D eigenvalue weighted by molar-refractivity contribution is 0.536. The Morgan fingerprint density at radius 3 is 2.50 bits per heavy atom. The van der Waals surface area contributed by atoms with Crippen LogP contribution in [0.3, 0.4) is 0 Å². The number of hydrogen-bond donors (Lipinski definition) is 1. The normalized spacial score (nSPS) is 25.3. The number of hydrogen-bond acceptors (Lipinski definition) is 1. The van der Waals surface area contributed by atoms with Crippen molar-refractivity contribution in [1.29, 1.82) is 0 Å². The lowest BCUT2D eigenvalue weighted by Crippen LogP contribution is -2.12. The third-order valence-corrected chi connectivity index (χ3v) is 4.61. The zero-order valence-electron chi connectivity index (χ0n) is 11.4. The molecule has 2 aromatic carbocycles. The maximum Gasteiger partial charge on any atom is -0.00121 e. The van der Waals surface area contributed by atoms with Gasteiger partial charge in [-0.3, -0.25) is 0 Å². The Hall–Kier alpha value is -1.34. The van der Waals surface area contributed by atoms with E-state index in [0.29, 0.717) is 11.3 Å². The first kappa shape index (κ1) is 11.7. The topological polar surface area (TPSA) is 12.0 Å². The van der Waals surface area contributed by atoms with Crippen molar-refractivity contribution < 1.29 is 0 Å². The van der Waals surface area contributed by atoms with E-state index in [4.69, 9.17) is 0 Å². The summed E-state index contributed by atoms with van der Waals surface area (Å²) >= 11 is 0. The largest absolute Gasteiger partial charge is 0.319 e. The zero-order chi connectivity index (χ0) is 12.8. The fourth-order valence-electron chi connectivity index (χ4n) is 3.41. The van der Waals surface area contributed by atoms with Gasteiger partial charge < -0.3 is 5.32 Å². The summed E-state index contributed by atoms with van der Waals surface area (Å²) in [5, 5.41) is 6.02. The molecule has 1 saturated carbocycles. The molecular weight excluding hydrogens is 218 g/mol. The highest BCUT2D eigenvalue weighted by Crippen LogP contribution is 2.64. The average Bonchev–Trinajstić information content (AvgIpc) is 2.91. The molecule has 1 aliphatic rings. The fourth-order valence-corrected chi connectivity index (χ4v) is 3.41. The molecule has 1 heteroatoms. The second-order valence-electron chi connectivity index (χ2n) is 6.07. The first-order valence-corrected chi connectivity index (χ1v) is 6.78. The van der Waals surface area contributed by atoms with E-state index in [-0.39, 0.29) is 0 Å². The monoisotopic (exact) mass is 239 g/mol. The Kier molecular flexibility index (Phi) is 2.67. The highest BCUT2D eigenvalue weighted by atomic mass is 14.9. The minimum atomic E-state index is 0.436. The molecule has 0 saturated heterocycles. The van der Waals surface area contributed by atoms with Crippen LogP contribution in [0.4, 0.5) is 0 Å². The number of rotatable bonds is 3. The van der Waals surface area contributed by atoms with Gasteiger partial charge in [0.15, 0.2) is 0 Å². The lowest BCUT2D eigenvalue weighted by Gasteiger charge is -2.05. The van der Waals surface area contributed by atoms with Crippen LogP contribution in [0.1, 0.15) is 25.3 Å². The summed E-state index contributed by atoms with van der Waals surface area (Å²) in [6.45, 7) is 5.88. The Morgan fingerprint density at radius 1 is 1.06 bits per heavy atom. The molecule has 1 fully saturated rings. The quantitative estimate of drug-likeness (QED) is 0.859. The summed E-state index contributed by atoms with van der Waals surface area (Å²) in [7, 11) is 2.05. The van der Waals surface area contributed by atoms with E-state index in [1.165, 1.54) is 16.3 Å². The molecule has 18 heavy (non-hydrogen) atoms. The Balaban J connectivity index is 1.96. The molecule has 0 radical (unpaired) electrons. The molecule has 2 aromatic rings. The average molecular weight is 239 g/mol. The van der Waals surface area contributed by atoms with Gasteiger partial charge in [-0.05, 0) is 47.2 Å². The van der Waals surface area contributed by atoms with Gasteiger partial charge in [0.25, 0.3) is 0 Å². The second-order valence-corrected chi connectivity index (χ2v) is 6.07. The first-order chi connectivity index (χ1) is 8.64. The van der Waals surface area contributed by atoms with Crippen LogP contribution in [-0.2, 0) is 0 Å². The van der Waals surface area contributed by atoms with Gasteiger partial charge in [-0.25, -0.2) is 0 Å². The minimum Gasteiger partial charge on any atom is -0.319 e. The summed E-state index contributed by atoms with van der Waals surface area (Å²) in [4.78, 5) is 0. The highest BCUT2D eigenvalue weighted by molar-refractivity contribution is 5.83. The number of fused-ring (bicyclic) bond motifs is 1. The highest BCUT2D eigenvalue weighted by Gasteiger charge is 2.57. The molecular formula is C17H21N. The van der Waals surface area contributed by atoms with E-state index in [1.54, 1.807) is 0 Å². The maximum atomic E-state index is 3.32. The molecule has 3 rings (SSSR count). The smallest absolute Gasteiger partial charge is 0.00121 e. The summed E-state index contributed by atoms with van der Waals surface area (Å²) in [5.41, 5.74) is 1.94. The zero-order valence-corrected chi connectivity index (χ0v) is 11.4. The number of nitrogens with one attached hydrogen (secondary N) is 1. The van der Waals surface area contributed by atoms with Crippen LogP contribution in [0.5, 0.6) is 0 Å². The molecule has 2 unspecified atom stereocenters. The van der Waals surface area contributed by atoms with Gasteiger partial charge in [0.1, 0.15) is 0 Å². The molecule has 2 atom stereocenters. The first-order valence-electron chi connectivity index (χ1n) is 6.78. The van der Waals surface area contributed by atoms with E-state index >= 15 is 0 Å². The van der Waals surface area contributed by atoms with Crippen LogP contribution in [0.15, 0.2) is 42.5 Å². The Morgan fingerprint density at radius 2 is 1.78 bits per heavy atom. The maximum absolute atomic E-state index is 3.32. The van der Waals surface area contributed by atoms with Gasteiger partial charge >= 0.3 is 0 Å². The van der Waals surface area contributed by atoms with Crippen LogP contribution in [-0.4, -0.2) is 13.6 Å². The van der Waals surface area contributed by atoms with Crippen molar-refractivity contribution in [3.05, 3.63) is 48.0 Å². The van der Waals surface area contributed by atoms with Crippen LogP contribution in [0.25, 0.3) is 10.8 Å². The van der Waals surface area contributed by atoms with E-state index in [2.05, 4.69) is 61.6 Å². The molecule has 0 bridgehead atoms. The van der Waals surface area contributed by atoms with Crippen LogP contribution < -0.4 is 5.32 Å². The third kappa shape index (κ3) is 1.74. The van der Waals surface area contributed by atoms with Crippen molar-refractivity contribution >= 4 is 10.8 Å². The van der Waals surface area contributed by atoms with Gasteiger partial charge in [0.05, 0.1) is 0 Å². The van der Waals surface area contributed by atoms with Crippen molar-refractivity contribution in [3.8, 4) is 0 Å². The van der Waals surface area contributed by atoms with Crippen LogP contribution >= 0.6 is 0 Å². The van der Waals surface area contributed by atoms with Crippen molar-refractivity contribution in [2.75, 3.05) is 13.6 Å². The molecule has 1 aliphatic carbocycles. The Labute approximate surface area is 109 Å². The van der Waals surface area contributed by atoms with Crippen molar-refractivity contribution in [3.63, 3.8) is 0 Å². The predicted octanol–water partition coefficient (Wildman–Crippen LogP) is 3.80. The van der Waals surface area contributed by atoms with Gasteiger partial charge in [0, 0.05) is 0 Å². The van der Waals surface area contributed by atoms with Crippen molar-refractivity contribution in [2.24, 2.45) is 11.3 Å². The molecule has 0 spiro atoms. The Bertz CT molecular complexity index is 571. The predicted molar refractivity (Wildman–Crippen MR) is 77.9 cm³/mol. The van der Waals surface area contributed by atoms with Gasteiger partial charge in [-0.1, -0.05) is 56.3 Å². The second kappa shape index (κ2) is 4.10. The fraction of sp³-hybridized carbons (Fsp3) is 0.412. The summed E-state index contributed by atoms with van der Waals surface area (Å²) < 4.78 is 0. The van der Waals surface area contributed by atoms with Crippen molar-refractivity contribution in [1.82, 2.24) is 5.32 Å². The van der Waals surface area contributed by atoms with E-state index in [9.17, 15) is 0 Å². The third-order valence-electron chi connectivity index (χ3n) is 4.61. The van der Waals surface area contributed by atoms with Crippen LogP contribution in [0, 0.1) is 11.3 Å². The molecule has 0 amide bonds. The molecule has 94 valence electrons.